The van der Waals surface area contributed by atoms with Gasteiger partial charge in [-0.3, -0.25) is 4.79 Å². The molecule has 1 saturated carbocycles. The van der Waals surface area contributed by atoms with E-state index in [-0.39, 0.29) is 53.1 Å². The van der Waals surface area contributed by atoms with Gasteiger partial charge in [0, 0.05) is 42.9 Å². The summed E-state index contributed by atoms with van der Waals surface area (Å²) in [5.74, 6) is -3.31. The van der Waals surface area contributed by atoms with E-state index in [9.17, 15) is 39.6 Å². The molecule has 2 fully saturated rings. The van der Waals surface area contributed by atoms with E-state index in [0.29, 0.717) is 5.56 Å². The number of aryl methyl sites for hydroxylation is 1. The third-order valence-electron chi connectivity index (χ3n) is 6.97. The number of carbonyl (C=O) groups is 1. The van der Waals surface area contributed by atoms with Gasteiger partial charge in [-0.25, -0.2) is 13.4 Å². The van der Waals surface area contributed by atoms with Crippen molar-refractivity contribution in [3.05, 3.63) is 39.9 Å². The van der Waals surface area contributed by atoms with Gasteiger partial charge in [0.2, 0.25) is 0 Å². The van der Waals surface area contributed by atoms with Gasteiger partial charge in [0.25, 0.3) is 5.91 Å². The molecule has 0 spiro atoms. The van der Waals surface area contributed by atoms with Crippen molar-refractivity contribution >= 4 is 32.2 Å². The van der Waals surface area contributed by atoms with Gasteiger partial charge in [-0.15, -0.1) is 11.3 Å². The molecule has 2 unspecified atom stereocenters. The lowest BCUT2D eigenvalue weighted by molar-refractivity contribution is -0.175. The van der Waals surface area contributed by atoms with Gasteiger partial charge in [0.1, 0.15) is 0 Å². The summed E-state index contributed by atoms with van der Waals surface area (Å²) in [4.78, 5) is 20.2. The minimum Gasteiger partial charge on any atom is -0.345 e. The van der Waals surface area contributed by atoms with E-state index in [1.807, 2.05) is 0 Å². The minimum atomic E-state index is -4.57. The van der Waals surface area contributed by atoms with E-state index < -0.39 is 51.5 Å². The van der Waals surface area contributed by atoms with Crippen molar-refractivity contribution < 1.29 is 39.6 Å². The number of aromatic nitrogens is 1. The highest BCUT2D eigenvalue weighted by molar-refractivity contribution is 7.90. The first-order valence-electron chi connectivity index (χ1n) is 11.5. The van der Waals surface area contributed by atoms with Crippen molar-refractivity contribution in [2.45, 2.75) is 43.4 Å². The molecule has 204 valence electrons. The summed E-state index contributed by atoms with van der Waals surface area (Å²) in [6, 6.07) is 3.94. The van der Waals surface area contributed by atoms with Gasteiger partial charge in [-0.1, -0.05) is 13.0 Å². The molecular weight excluding hydrogens is 544 g/mol. The van der Waals surface area contributed by atoms with E-state index in [4.69, 9.17) is 0 Å². The van der Waals surface area contributed by atoms with Crippen LogP contribution in [0.2, 0.25) is 0 Å². The predicted molar refractivity (Wildman–Crippen MR) is 126 cm³/mol. The number of nitrogens with zero attached hydrogens (tertiary/aromatic N) is 3. The smallest absolute Gasteiger partial charge is 0.345 e. The van der Waals surface area contributed by atoms with Crippen LogP contribution in [0.15, 0.2) is 23.1 Å². The van der Waals surface area contributed by atoms with Crippen LogP contribution in [-0.2, 0) is 16.0 Å². The van der Waals surface area contributed by atoms with Crippen LogP contribution < -0.4 is 4.90 Å². The monoisotopic (exact) mass is 569 g/mol. The Morgan fingerprint density at radius 3 is 2.24 bits per heavy atom. The van der Waals surface area contributed by atoms with E-state index in [0.717, 1.165) is 24.5 Å². The van der Waals surface area contributed by atoms with Crippen LogP contribution in [0.1, 0.15) is 45.8 Å². The Bertz CT molecular complexity index is 1300. The van der Waals surface area contributed by atoms with Crippen molar-refractivity contribution in [1.82, 2.24) is 9.88 Å². The number of piperazine rings is 1. The fourth-order valence-electron chi connectivity index (χ4n) is 4.69. The van der Waals surface area contributed by atoms with Crippen LogP contribution in [0.5, 0.6) is 0 Å². The summed E-state index contributed by atoms with van der Waals surface area (Å²) in [5.41, 5.74) is -0.519. The number of hydrogen-bond acceptors (Lipinski definition) is 6. The molecule has 0 N–H and O–H groups in total. The van der Waals surface area contributed by atoms with Crippen molar-refractivity contribution in [3.63, 3.8) is 0 Å². The van der Waals surface area contributed by atoms with Gasteiger partial charge in [-0.2, -0.15) is 26.3 Å². The lowest BCUT2D eigenvalue weighted by Gasteiger charge is -2.35. The largest absolute Gasteiger partial charge is 0.434 e. The Balaban J connectivity index is 1.55. The van der Waals surface area contributed by atoms with E-state index in [1.54, 1.807) is 4.90 Å². The predicted octanol–water partition coefficient (Wildman–Crippen LogP) is 5.14. The van der Waals surface area contributed by atoms with Crippen molar-refractivity contribution in [3.8, 4) is 0 Å². The molecule has 1 aliphatic carbocycles. The molecule has 2 aromatic rings. The van der Waals surface area contributed by atoms with E-state index >= 15 is 0 Å². The standard InChI is InChI=1S/C23H25F6N3O3S2/c1-12(22(24,25)26)16-11-17(16)15-5-4-14(37(3,34)35)10-18(15)20(33)31-6-8-32(9-7-31)21-30-19(13(2)36-21)23(27,28)29/h4-5,10,12,16-17H,6-9,11H2,1-3H3/t12?,16?,17-/m1/s1. The normalized spacial score (nSPS) is 21.8. The zero-order chi connectivity index (χ0) is 27.5. The zero-order valence-electron chi connectivity index (χ0n) is 20.2. The maximum atomic E-state index is 13.5. The summed E-state index contributed by atoms with van der Waals surface area (Å²) in [6.45, 7) is 3.11. The third-order valence-corrected chi connectivity index (χ3v) is 9.11. The van der Waals surface area contributed by atoms with E-state index in [2.05, 4.69) is 4.98 Å². The average Bonchev–Trinajstić information content (AvgIpc) is 3.48. The molecule has 1 aromatic heterocycles. The molecule has 6 nitrogen and oxygen atoms in total. The SMILES string of the molecule is Cc1sc(N2CCN(C(=O)c3cc(S(C)(=O)=O)ccc3[C@H]3CC3C(C)C(F)(F)F)CC2)nc1C(F)(F)F. The number of halogens is 6. The van der Waals surface area contributed by atoms with Crippen molar-refractivity contribution in [2.75, 3.05) is 37.3 Å². The summed E-state index contributed by atoms with van der Waals surface area (Å²) in [5, 5.41) is 0.193. The van der Waals surface area contributed by atoms with Crippen LogP contribution in [0.3, 0.4) is 0 Å². The fourth-order valence-corrected chi connectivity index (χ4v) is 6.32. The average molecular weight is 570 g/mol. The molecule has 2 aliphatic rings. The Labute approximate surface area is 214 Å². The van der Waals surface area contributed by atoms with Gasteiger partial charge < -0.3 is 9.80 Å². The zero-order valence-corrected chi connectivity index (χ0v) is 21.8. The maximum Gasteiger partial charge on any atom is 0.434 e. The summed E-state index contributed by atoms with van der Waals surface area (Å²) in [6.07, 6.45) is -7.74. The molecule has 1 aliphatic heterocycles. The molecule has 1 saturated heterocycles. The molecule has 0 bridgehead atoms. The molecule has 1 aromatic carbocycles. The highest BCUT2D eigenvalue weighted by Gasteiger charge is 2.53. The molecule has 2 heterocycles. The Kier molecular flexibility index (Phi) is 7.06. The Hall–Kier alpha value is -2.35. The molecule has 37 heavy (non-hydrogen) atoms. The number of hydrogen-bond donors (Lipinski definition) is 0. The molecule has 3 atom stereocenters. The first-order valence-corrected chi connectivity index (χ1v) is 14.2. The lowest BCUT2D eigenvalue weighted by Crippen LogP contribution is -2.49. The number of sulfone groups is 1. The number of carbonyl (C=O) groups excluding carboxylic acids is 1. The van der Waals surface area contributed by atoms with Crippen LogP contribution >= 0.6 is 11.3 Å². The Morgan fingerprint density at radius 2 is 1.73 bits per heavy atom. The summed E-state index contributed by atoms with van der Waals surface area (Å²) in [7, 11) is -3.68. The second-order valence-corrected chi connectivity index (χ2v) is 12.7. The van der Waals surface area contributed by atoms with E-state index in [1.165, 1.54) is 30.0 Å². The first-order chi connectivity index (χ1) is 17.0. The number of thiazole rings is 1. The molecule has 14 heteroatoms. The number of anilines is 1. The molecule has 4 rings (SSSR count). The van der Waals surface area contributed by atoms with Gasteiger partial charge in [0.05, 0.1) is 10.8 Å². The summed E-state index contributed by atoms with van der Waals surface area (Å²) >= 11 is 0.911. The van der Waals surface area contributed by atoms with Crippen LogP contribution in [0, 0.1) is 18.8 Å². The second-order valence-electron chi connectivity index (χ2n) is 9.54. The lowest BCUT2D eigenvalue weighted by atomic mass is 9.96. The molecule has 0 radical (unpaired) electrons. The first kappa shape index (κ1) is 27.7. The topological polar surface area (TPSA) is 70.6 Å². The van der Waals surface area contributed by atoms with Gasteiger partial charge in [0.15, 0.2) is 20.7 Å². The van der Waals surface area contributed by atoms with Crippen LogP contribution in [0.25, 0.3) is 0 Å². The Morgan fingerprint density at radius 1 is 1.11 bits per heavy atom. The van der Waals surface area contributed by atoms with Gasteiger partial charge in [-0.05, 0) is 42.9 Å². The summed E-state index contributed by atoms with van der Waals surface area (Å²) < 4.78 is 103. The van der Waals surface area contributed by atoms with Crippen molar-refractivity contribution in [1.29, 1.82) is 0 Å². The quantitative estimate of drug-likeness (QED) is 0.467. The van der Waals surface area contributed by atoms with Crippen LogP contribution in [0.4, 0.5) is 31.5 Å². The molecule has 1 amide bonds. The number of benzene rings is 1. The minimum absolute atomic E-state index is 0.0373. The molecular formula is C23H25F6N3O3S2. The van der Waals surface area contributed by atoms with Crippen molar-refractivity contribution in [2.24, 2.45) is 11.8 Å². The van der Waals surface area contributed by atoms with Gasteiger partial charge >= 0.3 is 12.4 Å². The second kappa shape index (κ2) is 9.44. The highest BCUT2D eigenvalue weighted by Crippen LogP contribution is 2.56. The number of amides is 1. The maximum absolute atomic E-state index is 13.5. The third kappa shape index (κ3) is 5.74. The number of alkyl halides is 6. The number of rotatable bonds is 5. The fraction of sp³-hybridized carbons (Fsp3) is 0.565. The van der Waals surface area contributed by atoms with Crippen LogP contribution in [-0.4, -0.2) is 62.8 Å². The highest BCUT2D eigenvalue weighted by atomic mass is 32.2.